The van der Waals surface area contributed by atoms with E-state index in [1.807, 2.05) is 0 Å². The molecule has 5 nitrogen and oxygen atoms in total. The highest BCUT2D eigenvalue weighted by Crippen LogP contribution is 2.31. The van der Waals surface area contributed by atoms with Gasteiger partial charge in [-0.05, 0) is 36.8 Å². The second-order valence-corrected chi connectivity index (χ2v) is 5.84. The maximum atomic E-state index is 12.8. The Labute approximate surface area is 155 Å². The molecule has 27 heavy (non-hydrogen) atoms. The van der Waals surface area contributed by atoms with Crippen molar-refractivity contribution in [3.8, 4) is 11.5 Å². The molecule has 2 rings (SSSR count). The van der Waals surface area contributed by atoms with Gasteiger partial charge in [-0.15, -0.1) is 0 Å². The summed E-state index contributed by atoms with van der Waals surface area (Å²) in [4.78, 5) is 12.2. The van der Waals surface area contributed by atoms with Crippen LogP contribution in [0.1, 0.15) is 24.1 Å². The van der Waals surface area contributed by atoms with Gasteiger partial charge in [-0.3, -0.25) is 4.79 Å². The van der Waals surface area contributed by atoms with Crippen molar-refractivity contribution in [3.05, 3.63) is 53.6 Å². The van der Waals surface area contributed by atoms with Crippen LogP contribution in [0.4, 0.5) is 18.9 Å². The van der Waals surface area contributed by atoms with Crippen LogP contribution in [0.5, 0.6) is 11.5 Å². The standard InChI is InChI=1S/C19H21F3N2O3/c1-12(13-5-4-6-14(9-13)19(20,21)22)23-11-18(25)24-16-10-15(26-2)7-8-17(16)27-3/h4-10,12,23H,11H2,1-3H3,(H,24,25). The second kappa shape index (κ2) is 8.77. The number of nitrogens with one attached hydrogen (secondary N) is 2. The summed E-state index contributed by atoms with van der Waals surface area (Å²) >= 11 is 0. The number of hydrogen-bond donors (Lipinski definition) is 2. The van der Waals surface area contributed by atoms with E-state index in [4.69, 9.17) is 9.47 Å². The largest absolute Gasteiger partial charge is 0.497 e. The van der Waals surface area contributed by atoms with Crippen molar-refractivity contribution in [2.45, 2.75) is 19.1 Å². The van der Waals surface area contributed by atoms with Gasteiger partial charge in [0.1, 0.15) is 11.5 Å². The SMILES string of the molecule is COc1ccc(OC)c(NC(=O)CNC(C)c2cccc(C(F)(F)F)c2)c1. The lowest BCUT2D eigenvalue weighted by Crippen LogP contribution is -2.30. The van der Waals surface area contributed by atoms with Crippen LogP contribution in [-0.2, 0) is 11.0 Å². The van der Waals surface area contributed by atoms with Crippen molar-refractivity contribution in [1.29, 1.82) is 0 Å². The number of carbonyl (C=O) groups excluding carboxylic acids is 1. The van der Waals surface area contributed by atoms with E-state index in [1.165, 1.54) is 20.3 Å². The third-order valence-corrected chi connectivity index (χ3v) is 3.96. The van der Waals surface area contributed by atoms with Crippen LogP contribution in [0.2, 0.25) is 0 Å². The normalized spacial score (nSPS) is 12.4. The zero-order valence-electron chi connectivity index (χ0n) is 15.2. The molecule has 1 atom stereocenters. The number of alkyl halides is 3. The van der Waals surface area contributed by atoms with E-state index in [-0.39, 0.29) is 12.5 Å². The van der Waals surface area contributed by atoms with Crippen molar-refractivity contribution in [3.63, 3.8) is 0 Å². The van der Waals surface area contributed by atoms with Crippen LogP contribution in [0.25, 0.3) is 0 Å². The van der Waals surface area contributed by atoms with Gasteiger partial charge in [0.25, 0.3) is 0 Å². The maximum absolute atomic E-state index is 12.8. The predicted octanol–water partition coefficient (Wildman–Crippen LogP) is 4.01. The van der Waals surface area contributed by atoms with Crippen molar-refractivity contribution in [1.82, 2.24) is 5.32 Å². The van der Waals surface area contributed by atoms with Gasteiger partial charge in [-0.1, -0.05) is 12.1 Å². The summed E-state index contributed by atoms with van der Waals surface area (Å²) in [5.74, 6) is 0.659. The third-order valence-electron chi connectivity index (χ3n) is 3.96. The summed E-state index contributed by atoms with van der Waals surface area (Å²) in [5.41, 5.74) is 0.158. The number of anilines is 1. The molecule has 2 N–H and O–H groups in total. The number of amides is 1. The smallest absolute Gasteiger partial charge is 0.416 e. The Morgan fingerprint density at radius 3 is 2.48 bits per heavy atom. The molecule has 0 saturated heterocycles. The van der Waals surface area contributed by atoms with Gasteiger partial charge >= 0.3 is 6.18 Å². The van der Waals surface area contributed by atoms with E-state index in [2.05, 4.69) is 10.6 Å². The number of carbonyl (C=O) groups is 1. The van der Waals surface area contributed by atoms with E-state index in [1.54, 1.807) is 31.2 Å². The molecular formula is C19H21F3N2O3. The molecule has 0 aromatic heterocycles. The fraction of sp³-hybridized carbons (Fsp3) is 0.316. The maximum Gasteiger partial charge on any atom is 0.416 e. The summed E-state index contributed by atoms with van der Waals surface area (Å²) in [6.07, 6.45) is -4.41. The second-order valence-electron chi connectivity index (χ2n) is 5.84. The molecule has 0 aliphatic rings. The van der Waals surface area contributed by atoms with Crippen molar-refractivity contribution >= 4 is 11.6 Å². The Morgan fingerprint density at radius 1 is 1.11 bits per heavy atom. The lowest BCUT2D eigenvalue weighted by molar-refractivity contribution is -0.137. The minimum atomic E-state index is -4.41. The molecule has 0 radical (unpaired) electrons. The molecule has 8 heteroatoms. The molecule has 0 aliphatic carbocycles. The van der Waals surface area contributed by atoms with Crippen molar-refractivity contribution < 1.29 is 27.4 Å². The molecule has 0 saturated carbocycles. The monoisotopic (exact) mass is 382 g/mol. The minimum absolute atomic E-state index is 0.0855. The lowest BCUT2D eigenvalue weighted by Gasteiger charge is -2.17. The number of methoxy groups -OCH3 is 2. The van der Waals surface area contributed by atoms with Gasteiger partial charge in [0, 0.05) is 12.1 Å². The topological polar surface area (TPSA) is 59.6 Å². The summed E-state index contributed by atoms with van der Waals surface area (Å²) < 4.78 is 48.7. The summed E-state index contributed by atoms with van der Waals surface area (Å²) in [7, 11) is 2.98. The molecule has 0 fully saturated rings. The Kier molecular flexibility index (Phi) is 6.68. The van der Waals surface area contributed by atoms with Crippen molar-refractivity contribution in [2.24, 2.45) is 0 Å². The highest BCUT2D eigenvalue weighted by atomic mass is 19.4. The van der Waals surface area contributed by atoms with Crippen LogP contribution >= 0.6 is 0 Å². The third kappa shape index (κ3) is 5.62. The molecule has 1 amide bonds. The zero-order chi connectivity index (χ0) is 20.0. The predicted molar refractivity (Wildman–Crippen MR) is 96.0 cm³/mol. The summed E-state index contributed by atoms with van der Waals surface area (Å²) in [6.45, 7) is 1.60. The van der Waals surface area contributed by atoms with Gasteiger partial charge in [-0.25, -0.2) is 0 Å². The fourth-order valence-electron chi connectivity index (χ4n) is 2.45. The van der Waals surface area contributed by atoms with Gasteiger partial charge in [-0.2, -0.15) is 13.2 Å². The first-order chi connectivity index (χ1) is 12.7. The molecular weight excluding hydrogens is 361 g/mol. The van der Waals surface area contributed by atoms with Gasteiger partial charge in [0.15, 0.2) is 0 Å². The Hall–Kier alpha value is -2.74. The Bertz CT molecular complexity index is 794. The van der Waals surface area contributed by atoms with E-state index < -0.39 is 17.8 Å². The van der Waals surface area contributed by atoms with Gasteiger partial charge in [0.2, 0.25) is 5.91 Å². The average molecular weight is 382 g/mol. The van der Waals surface area contributed by atoms with Crippen LogP contribution in [0.3, 0.4) is 0 Å². The van der Waals surface area contributed by atoms with E-state index >= 15 is 0 Å². The number of hydrogen-bond acceptors (Lipinski definition) is 4. The Balaban J connectivity index is 2.00. The molecule has 0 aliphatic heterocycles. The number of rotatable bonds is 7. The molecule has 0 heterocycles. The highest BCUT2D eigenvalue weighted by Gasteiger charge is 2.30. The lowest BCUT2D eigenvalue weighted by atomic mass is 10.0. The number of halogens is 3. The summed E-state index contributed by atoms with van der Waals surface area (Å²) in [5, 5.41) is 5.60. The quantitative estimate of drug-likeness (QED) is 0.760. The first kappa shape index (κ1) is 20.6. The first-order valence-electron chi connectivity index (χ1n) is 8.17. The van der Waals surface area contributed by atoms with Crippen LogP contribution in [0, 0.1) is 0 Å². The van der Waals surface area contributed by atoms with Crippen molar-refractivity contribution in [2.75, 3.05) is 26.1 Å². The molecule has 0 spiro atoms. The number of ether oxygens (including phenoxy) is 2. The van der Waals surface area contributed by atoms with E-state index in [0.29, 0.717) is 22.7 Å². The van der Waals surface area contributed by atoms with Gasteiger partial charge in [0.05, 0.1) is 32.0 Å². The molecule has 2 aromatic carbocycles. The highest BCUT2D eigenvalue weighted by molar-refractivity contribution is 5.94. The molecule has 0 bridgehead atoms. The van der Waals surface area contributed by atoms with Gasteiger partial charge < -0.3 is 20.1 Å². The minimum Gasteiger partial charge on any atom is -0.497 e. The molecule has 2 aromatic rings. The average Bonchev–Trinajstić information content (AvgIpc) is 2.65. The van der Waals surface area contributed by atoms with Crippen LogP contribution in [-0.4, -0.2) is 26.7 Å². The Morgan fingerprint density at radius 2 is 1.85 bits per heavy atom. The first-order valence-corrected chi connectivity index (χ1v) is 8.17. The van der Waals surface area contributed by atoms with E-state index in [9.17, 15) is 18.0 Å². The zero-order valence-corrected chi connectivity index (χ0v) is 15.2. The molecule has 146 valence electrons. The van der Waals surface area contributed by atoms with Crippen LogP contribution < -0.4 is 20.1 Å². The fourth-order valence-corrected chi connectivity index (χ4v) is 2.45. The van der Waals surface area contributed by atoms with E-state index in [0.717, 1.165) is 12.1 Å². The van der Waals surface area contributed by atoms with Crippen LogP contribution in [0.15, 0.2) is 42.5 Å². The summed E-state index contributed by atoms with van der Waals surface area (Å²) in [6, 6.07) is 9.54. The number of benzene rings is 2. The molecule has 1 unspecified atom stereocenters.